The number of aromatic nitrogens is 1. The van der Waals surface area contributed by atoms with Gasteiger partial charge in [-0.05, 0) is 42.7 Å². The van der Waals surface area contributed by atoms with Gasteiger partial charge in [-0.2, -0.15) is 0 Å². The molecule has 0 aliphatic heterocycles. The van der Waals surface area contributed by atoms with E-state index < -0.39 is 12.1 Å². The zero-order chi connectivity index (χ0) is 22.1. The lowest BCUT2D eigenvalue weighted by Crippen LogP contribution is -2.26. The molecule has 3 rings (SSSR count). The fourth-order valence-electron chi connectivity index (χ4n) is 3.57. The topological polar surface area (TPSA) is 84.6 Å². The largest absolute Gasteiger partial charge is 0.479 e. The molecule has 166 valence electrons. The van der Waals surface area contributed by atoms with Gasteiger partial charge in [-0.25, -0.2) is 9.78 Å². The van der Waals surface area contributed by atoms with Crippen LogP contribution in [0.2, 0.25) is 0 Å². The number of nitrogens with zero attached hydrogens (tertiary/aromatic N) is 1. The highest BCUT2D eigenvalue weighted by Gasteiger charge is 2.19. The Labute approximate surface area is 183 Å². The number of para-hydroxylation sites is 2. The minimum Gasteiger partial charge on any atom is -0.479 e. The van der Waals surface area contributed by atoms with Crippen molar-refractivity contribution in [2.75, 3.05) is 0 Å². The molecule has 0 saturated heterocycles. The Kier molecular flexibility index (Phi) is 8.47. The highest BCUT2D eigenvalue weighted by atomic mass is 16.5. The number of rotatable bonds is 13. The van der Waals surface area contributed by atoms with Crippen molar-refractivity contribution >= 4 is 17.1 Å². The summed E-state index contributed by atoms with van der Waals surface area (Å²) >= 11 is 0. The summed E-state index contributed by atoms with van der Waals surface area (Å²) in [5, 5.41) is 12.8. The lowest BCUT2D eigenvalue weighted by Gasteiger charge is -2.17. The third kappa shape index (κ3) is 6.56. The molecular formula is C25H32N2O4. The van der Waals surface area contributed by atoms with Crippen LogP contribution in [0.15, 0.2) is 52.9 Å². The molecule has 31 heavy (non-hydrogen) atoms. The van der Waals surface area contributed by atoms with Crippen LogP contribution in [0.5, 0.6) is 5.75 Å². The van der Waals surface area contributed by atoms with Gasteiger partial charge in [0.05, 0.1) is 6.04 Å². The van der Waals surface area contributed by atoms with Crippen molar-refractivity contribution in [3.8, 4) is 5.75 Å². The maximum atomic E-state index is 11.3. The maximum absolute atomic E-state index is 11.3. The maximum Gasteiger partial charge on any atom is 0.344 e. The van der Waals surface area contributed by atoms with E-state index in [2.05, 4.69) is 12.2 Å². The summed E-state index contributed by atoms with van der Waals surface area (Å²) in [6, 6.07) is 15.4. The van der Waals surface area contributed by atoms with Crippen LogP contribution in [-0.4, -0.2) is 22.2 Å². The van der Waals surface area contributed by atoms with Gasteiger partial charge >= 0.3 is 5.97 Å². The van der Waals surface area contributed by atoms with Crippen molar-refractivity contribution in [3.63, 3.8) is 0 Å². The molecule has 2 aromatic carbocycles. The second-order valence-electron chi connectivity index (χ2n) is 7.80. The Hall–Kier alpha value is -2.86. The van der Waals surface area contributed by atoms with Crippen LogP contribution < -0.4 is 10.1 Å². The van der Waals surface area contributed by atoms with Crippen molar-refractivity contribution in [3.05, 3.63) is 60.0 Å². The van der Waals surface area contributed by atoms with Crippen molar-refractivity contribution in [2.45, 2.75) is 71.1 Å². The van der Waals surface area contributed by atoms with E-state index in [0.29, 0.717) is 24.6 Å². The fraction of sp³-hybridized carbons (Fsp3) is 0.440. The predicted molar refractivity (Wildman–Crippen MR) is 121 cm³/mol. The molecule has 6 heteroatoms. The van der Waals surface area contributed by atoms with E-state index in [1.54, 1.807) is 13.0 Å². The molecule has 1 aromatic heterocycles. The van der Waals surface area contributed by atoms with Gasteiger partial charge in [0.25, 0.3) is 0 Å². The molecule has 1 heterocycles. The molecular weight excluding hydrogens is 392 g/mol. The van der Waals surface area contributed by atoms with E-state index in [9.17, 15) is 9.90 Å². The van der Waals surface area contributed by atoms with Crippen molar-refractivity contribution in [1.29, 1.82) is 0 Å². The first-order valence-electron chi connectivity index (χ1n) is 11.2. The summed E-state index contributed by atoms with van der Waals surface area (Å²) in [5.41, 5.74) is 2.69. The minimum atomic E-state index is -0.950. The van der Waals surface area contributed by atoms with Crippen molar-refractivity contribution in [2.24, 2.45) is 0 Å². The highest BCUT2D eigenvalue weighted by Crippen LogP contribution is 2.25. The zero-order valence-electron chi connectivity index (χ0n) is 18.3. The van der Waals surface area contributed by atoms with Crippen LogP contribution in [0.3, 0.4) is 0 Å². The van der Waals surface area contributed by atoms with E-state index in [-0.39, 0.29) is 6.04 Å². The summed E-state index contributed by atoms with van der Waals surface area (Å²) in [7, 11) is 0. The minimum absolute atomic E-state index is 0.0104. The number of carboxylic acids is 1. The van der Waals surface area contributed by atoms with Gasteiger partial charge in [-0.15, -0.1) is 0 Å². The predicted octanol–water partition coefficient (Wildman–Crippen LogP) is 5.87. The smallest absolute Gasteiger partial charge is 0.344 e. The van der Waals surface area contributed by atoms with Crippen LogP contribution in [0, 0.1) is 0 Å². The third-order valence-electron chi connectivity index (χ3n) is 5.33. The highest BCUT2D eigenvalue weighted by molar-refractivity contribution is 5.73. The molecule has 0 radical (unpaired) electrons. The van der Waals surface area contributed by atoms with E-state index in [1.165, 1.54) is 19.3 Å². The van der Waals surface area contributed by atoms with Crippen LogP contribution in [0.1, 0.15) is 69.9 Å². The normalized spacial score (nSPS) is 13.2. The monoisotopic (exact) mass is 424 g/mol. The molecule has 0 amide bonds. The number of ether oxygens (including phenoxy) is 1. The van der Waals surface area contributed by atoms with Gasteiger partial charge in [0.1, 0.15) is 11.3 Å². The third-order valence-corrected chi connectivity index (χ3v) is 5.33. The molecule has 0 aliphatic rings. The molecule has 2 N–H and O–H groups in total. The van der Waals surface area contributed by atoms with Gasteiger partial charge in [0.2, 0.25) is 5.89 Å². The molecule has 0 fully saturated rings. The average molecular weight is 425 g/mol. The van der Waals surface area contributed by atoms with E-state index in [1.807, 2.05) is 42.5 Å². The standard InChI is InChI=1S/C25H32N2O4/c1-3-5-6-7-14-21(24-27-20-13-8-9-15-23(20)31-24)26-17-18-11-10-12-19(16-18)30-22(4-2)25(28)29/h8-13,15-16,21-22,26H,3-7,14,17H2,1-2H3,(H,28,29). The van der Waals surface area contributed by atoms with Crippen LogP contribution >= 0.6 is 0 Å². The summed E-state index contributed by atoms with van der Waals surface area (Å²) in [6.07, 6.45) is 5.23. The van der Waals surface area contributed by atoms with Crippen LogP contribution in [0.25, 0.3) is 11.1 Å². The van der Waals surface area contributed by atoms with Gasteiger partial charge < -0.3 is 19.6 Å². The zero-order valence-corrected chi connectivity index (χ0v) is 18.3. The summed E-state index contributed by atoms with van der Waals surface area (Å²) in [6.45, 7) is 4.62. The van der Waals surface area contributed by atoms with Gasteiger partial charge in [0, 0.05) is 6.54 Å². The number of unbranched alkanes of at least 4 members (excludes halogenated alkanes) is 3. The van der Waals surface area contributed by atoms with Gasteiger partial charge in [-0.1, -0.05) is 63.8 Å². The lowest BCUT2D eigenvalue weighted by atomic mass is 10.1. The molecule has 6 nitrogen and oxygen atoms in total. The Bertz CT molecular complexity index is 936. The second-order valence-corrected chi connectivity index (χ2v) is 7.80. The van der Waals surface area contributed by atoms with Crippen molar-refractivity contribution in [1.82, 2.24) is 10.3 Å². The van der Waals surface area contributed by atoms with Gasteiger partial charge in [-0.3, -0.25) is 0 Å². The number of benzene rings is 2. The number of aliphatic carboxylic acids is 1. The first-order chi connectivity index (χ1) is 15.1. The second kappa shape index (κ2) is 11.5. The lowest BCUT2D eigenvalue weighted by molar-refractivity contribution is -0.145. The van der Waals surface area contributed by atoms with E-state index in [4.69, 9.17) is 14.1 Å². The molecule has 0 bridgehead atoms. The Balaban J connectivity index is 1.69. The van der Waals surface area contributed by atoms with Crippen LogP contribution in [-0.2, 0) is 11.3 Å². The molecule has 2 unspecified atom stereocenters. The van der Waals surface area contributed by atoms with Gasteiger partial charge in [0.15, 0.2) is 11.7 Å². The number of carbonyl (C=O) groups is 1. The quantitative estimate of drug-likeness (QED) is 0.334. The summed E-state index contributed by atoms with van der Waals surface area (Å²) < 4.78 is 11.7. The SMILES string of the molecule is CCCCCCC(NCc1cccc(OC(CC)C(=O)O)c1)c1nc2ccccc2o1. The summed E-state index contributed by atoms with van der Waals surface area (Å²) in [4.78, 5) is 16.0. The Morgan fingerprint density at radius 1 is 1.13 bits per heavy atom. The summed E-state index contributed by atoms with van der Waals surface area (Å²) in [5.74, 6) is 0.325. The Morgan fingerprint density at radius 3 is 2.71 bits per heavy atom. The number of fused-ring (bicyclic) bond motifs is 1. The fourth-order valence-corrected chi connectivity index (χ4v) is 3.57. The number of hydrogen-bond acceptors (Lipinski definition) is 5. The Morgan fingerprint density at radius 2 is 1.97 bits per heavy atom. The number of oxazole rings is 1. The van der Waals surface area contributed by atoms with Crippen LogP contribution in [0.4, 0.5) is 0 Å². The number of carboxylic acid groups (broad SMARTS) is 1. The first kappa shape index (κ1) is 22.8. The van der Waals surface area contributed by atoms with E-state index in [0.717, 1.165) is 29.5 Å². The number of hydrogen-bond donors (Lipinski definition) is 2. The average Bonchev–Trinajstić information content (AvgIpc) is 3.21. The molecule has 0 saturated carbocycles. The number of nitrogens with one attached hydrogen (secondary N) is 1. The first-order valence-corrected chi connectivity index (χ1v) is 11.2. The molecule has 0 spiro atoms. The molecule has 2 atom stereocenters. The molecule has 0 aliphatic carbocycles. The molecule has 3 aromatic rings. The van der Waals surface area contributed by atoms with E-state index >= 15 is 0 Å². The van der Waals surface area contributed by atoms with Crippen molar-refractivity contribution < 1.29 is 19.1 Å².